The zero-order valence-electron chi connectivity index (χ0n) is 10.0. The van der Waals surface area contributed by atoms with E-state index in [0.717, 1.165) is 10.9 Å². The van der Waals surface area contributed by atoms with Gasteiger partial charge in [-0.3, -0.25) is 4.98 Å². The lowest BCUT2D eigenvalue weighted by Gasteiger charge is -2.09. The van der Waals surface area contributed by atoms with Crippen molar-refractivity contribution >= 4 is 10.8 Å². The van der Waals surface area contributed by atoms with Crippen molar-refractivity contribution in [2.75, 3.05) is 0 Å². The minimum atomic E-state index is 0.539. The fourth-order valence-electron chi connectivity index (χ4n) is 2.30. The first-order valence-electron chi connectivity index (χ1n) is 6.01. The Morgan fingerprint density at radius 2 is 1.72 bits per heavy atom. The zero-order chi connectivity index (χ0) is 12.4. The van der Waals surface area contributed by atoms with Crippen LogP contribution in [0.2, 0.25) is 0 Å². The monoisotopic (exact) mass is 234 g/mol. The molecule has 1 aromatic heterocycles. The van der Waals surface area contributed by atoms with Crippen LogP contribution in [-0.2, 0) is 6.54 Å². The summed E-state index contributed by atoms with van der Waals surface area (Å²) in [6, 6.07) is 16.7. The molecule has 0 unspecified atom stereocenters. The van der Waals surface area contributed by atoms with Gasteiger partial charge in [0.05, 0.1) is 0 Å². The maximum atomic E-state index is 5.78. The van der Waals surface area contributed by atoms with E-state index in [-0.39, 0.29) is 0 Å². The molecule has 2 nitrogen and oxygen atoms in total. The van der Waals surface area contributed by atoms with Gasteiger partial charge in [0.25, 0.3) is 0 Å². The predicted octanol–water partition coefficient (Wildman–Crippen LogP) is 3.36. The first kappa shape index (κ1) is 10.9. The Kier molecular flexibility index (Phi) is 2.79. The number of hydrogen-bond donors (Lipinski definition) is 1. The summed E-state index contributed by atoms with van der Waals surface area (Å²) in [5, 5.41) is 2.35. The van der Waals surface area contributed by atoms with Crippen molar-refractivity contribution in [3.8, 4) is 11.1 Å². The molecule has 3 aromatic rings. The summed E-state index contributed by atoms with van der Waals surface area (Å²) in [7, 11) is 0. The van der Waals surface area contributed by atoms with Crippen LogP contribution in [0, 0.1) is 0 Å². The summed E-state index contributed by atoms with van der Waals surface area (Å²) in [5.41, 5.74) is 9.36. The quantitative estimate of drug-likeness (QED) is 0.738. The third kappa shape index (κ3) is 1.77. The van der Waals surface area contributed by atoms with E-state index in [0.29, 0.717) is 6.54 Å². The maximum absolute atomic E-state index is 5.78. The van der Waals surface area contributed by atoms with E-state index < -0.39 is 0 Å². The van der Waals surface area contributed by atoms with E-state index in [1.165, 1.54) is 16.5 Å². The lowest BCUT2D eigenvalue weighted by Crippen LogP contribution is -1.98. The molecule has 0 aliphatic rings. The van der Waals surface area contributed by atoms with Gasteiger partial charge < -0.3 is 5.73 Å². The molecule has 0 radical (unpaired) electrons. The highest BCUT2D eigenvalue weighted by molar-refractivity contribution is 5.97. The molecule has 0 spiro atoms. The summed E-state index contributed by atoms with van der Waals surface area (Å²) in [6.07, 6.45) is 3.72. The molecule has 18 heavy (non-hydrogen) atoms. The first-order chi connectivity index (χ1) is 8.90. The smallest absolute Gasteiger partial charge is 0.0349 e. The van der Waals surface area contributed by atoms with E-state index in [4.69, 9.17) is 5.73 Å². The van der Waals surface area contributed by atoms with Gasteiger partial charge in [0.2, 0.25) is 0 Å². The normalized spacial score (nSPS) is 10.7. The van der Waals surface area contributed by atoms with Crippen LogP contribution < -0.4 is 5.73 Å². The van der Waals surface area contributed by atoms with E-state index in [2.05, 4.69) is 47.4 Å². The van der Waals surface area contributed by atoms with Gasteiger partial charge in [0.1, 0.15) is 0 Å². The van der Waals surface area contributed by atoms with Crippen molar-refractivity contribution in [3.63, 3.8) is 0 Å². The topological polar surface area (TPSA) is 38.9 Å². The average Bonchev–Trinajstić information content (AvgIpc) is 2.47. The molecule has 0 aliphatic heterocycles. The maximum Gasteiger partial charge on any atom is 0.0349 e. The predicted molar refractivity (Wildman–Crippen MR) is 75.1 cm³/mol. The second-order valence-electron chi connectivity index (χ2n) is 4.26. The lowest BCUT2D eigenvalue weighted by molar-refractivity contribution is 1.08. The van der Waals surface area contributed by atoms with Gasteiger partial charge in [0, 0.05) is 24.3 Å². The number of aromatic nitrogens is 1. The lowest BCUT2D eigenvalue weighted by atomic mass is 9.96. The fourth-order valence-corrected chi connectivity index (χ4v) is 2.30. The van der Waals surface area contributed by atoms with Crippen molar-refractivity contribution in [3.05, 3.63) is 66.5 Å². The second-order valence-corrected chi connectivity index (χ2v) is 4.26. The van der Waals surface area contributed by atoms with E-state index >= 15 is 0 Å². The number of nitrogens with zero attached hydrogens (tertiary/aromatic N) is 1. The Hall–Kier alpha value is -2.19. The minimum absolute atomic E-state index is 0.539. The number of hydrogen-bond acceptors (Lipinski definition) is 2. The van der Waals surface area contributed by atoms with Crippen LogP contribution in [0.5, 0.6) is 0 Å². The SMILES string of the molecule is NCc1ccc(-c2ccccc2)c2ccncc12. The molecule has 0 fully saturated rings. The van der Waals surface area contributed by atoms with Gasteiger partial charge in [-0.25, -0.2) is 0 Å². The fraction of sp³-hybridized carbons (Fsp3) is 0.0625. The number of nitrogens with two attached hydrogens (primary N) is 1. The van der Waals surface area contributed by atoms with Crippen LogP contribution in [0.3, 0.4) is 0 Å². The molecule has 0 aliphatic carbocycles. The number of benzene rings is 2. The summed E-state index contributed by atoms with van der Waals surface area (Å²) in [5.74, 6) is 0. The van der Waals surface area contributed by atoms with Crippen molar-refractivity contribution in [1.29, 1.82) is 0 Å². The average molecular weight is 234 g/mol. The van der Waals surface area contributed by atoms with Crippen molar-refractivity contribution in [2.24, 2.45) is 5.73 Å². The first-order valence-corrected chi connectivity index (χ1v) is 6.01. The third-order valence-corrected chi connectivity index (χ3v) is 3.21. The molecule has 0 amide bonds. The molecule has 2 N–H and O–H groups in total. The third-order valence-electron chi connectivity index (χ3n) is 3.21. The Labute approximate surface area is 106 Å². The van der Waals surface area contributed by atoms with Crippen LogP contribution >= 0.6 is 0 Å². The van der Waals surface area contributed by atoms with Gasteiger partial charge >= 0.3 is 0 Å². The molecule has 3 rings (SSSR count). The van der Waals surface area contributed by atoms with E-state index in [1.54, 1.807) is 0 Å². The largest absolute Gasteiger partial charge is 0.326 e. The zero-order valence-corrected chi connectivity index (χ0v) is 10.0. The summed E-state index contributed by atoms with van der Waals surface area (Å²) in [6.45, 7) is 0.539. The molecule has 0 saturated carbocycles. The van der Waals surface area contributed by atoms with Crippen LogP contribution in [0.1, 0.15) is 5.56 Å². The molecule has 0 bridgehead atoms. The number of rotatable bonds is 2. The minimum Gasteiger partial charge on any atom is -0.326 e. The molecule has 2 aromatic carbocycles. The van der Waals surface area contributed by atoms with Crippen LogP contribution in [0.25, 0.3) is 21.9 Å². The molecule has 0 atom stereocenters. The standard InChI is InChI=1S/C16H14N2/c17-10-13-6-7-14(12-4-2-1-3-5-12)15-8-9-18-11-16(13)15/h1-9,11H,10,17H2. The molecule has 1 heterocycles. The van der Waals surface area contributed by atoms with Crippen LogP contribution in [-0.4, -0.2) is 4.98 Å². The van der Waals surface area contributed by atoms with Gasteiger partial charge in [-0.15, -0.1) is 0 Å². The Bertz CT molecular complexity index is 675. The highest BCUT2D eigenvalue weighted by atomic mass is 14.6. The van der Waals surface area contributed by atoms with Crippen LogP contribution in [0.15, 0.2) is 60.9 Å². The van der Waals surface area contributed by atoms with Gasteiger partial charge in [0.15, 0.2) is 0 Å². The van der Waals surface area contributed by atoms with Crippen molar-refractivity contribution in [1.82, 2.24) is 4.98 Å². The number of pyridine rings is 1. The Morgan fingerprint density at radius 1 is 0.889 bits per heavy atom. The molecule has 2 heteroatoms. The number of fused-ring (bicyclic) bond motifs is 1. The second kappa shape index (κ2) is 4.59. The van der Waals surface area contributed by atoms with E-state index in [9.17, 15) is 0 Å². The highest BCUT2D eigenvalue weighted by Gasteiger charge is 2.06. The molecule has 88 valence electrons. The summed E-state index contributed by atoms with van der Waals surface area (Å²) >= 11 is 0. The van der Waals surface area contributed by atoms with Crippen LogP contribution in [0.4, 0.5) is 0 Å². The van der Waals surface area contributed by atoms with Gasteiger partial charge in [-0.05, 0) is 28.1 Å². The van der Waals surface area contributed by atoms with Crippen molar-refractivity contribution < 1.29 is 0 Å². The molecule has 0 saturated heterocycles. The van der Waals surface area contributed by atoms with Gasteiger partial charge in [-0.1, -0.05) is 42.5 Å². The Balaban J connectivity index is 2.32. The molecular formula is C16H14N2. The van der Waals surface area contributed by atoms with Gasteiger partial charge in [-0.2, -0.15) is 0 Å². The van der Waals surface area contributed by atoms with E-state index in [1.807, 2.05) is 18.5 Å². The van der Waals surface area contributed by atoms with Crippen molar-refractivity contribution in [2.45, 2.75) is 6.54 Å². The Morgan fingerprint density at radius 3 is 2.50 bits per heavy atom. The summed E-state index contributed by atoms with van der Waals surface area (Å²) in [4.78, 5) is 4.20. The summed E-state index contributed by atoms with van der Waals surface area (Å²) < 4.78 is 0. The highest BCUT2D eigenvalue weighted by Crippen LogP contribution is 2.29. The molecular weight excluding hydrogens is 220 g/mol.